The van der Waals surface area contributed by atoms with E-state index in [4.69, 9.17) is 11.6 Å². The summed E-state index contributed by atoms with van der Waals surface area (Å²) in [4.78, 5) is 0. The maximum absolute atomic E-state index is 6.18. The third kappa shape index (κ3) is 3.75. The number of allylic oxidation sites excluding steroid dienone is 5. The average molecular weight is 267 g/mol. The van der Waals surface area contributed by atoms with Crippen LogP contribution in [-0.4, -0.2) is 5.38 Å². The number of halogens is 1. The minimum Gasteiger partial charge on any atom is -0.118 e. The summed E-state index contributed by atoms with van der Waals surface area (Å²) in [6.45, 7) is 13.6. The standard InChI is InChI=1S/C17H27Cl/c1-6-14(4)17(5,7-2)12-13(3)15-9-8-10-16(18)11-15/h8-9,11,14,16H,3,6-7,10,12H2,1-2,4-5H3. The summed E-state index contributed by atoms with van der Waals surface area (Å²) in [5.41, 5.74) is 2.82. The molecule has 0 amide bonds. The first kappa shape index (κ1) is 15.6. The van der Waals surface area contributed by atoms with Crippen LogP contribution in [0.2, 0.25) is 0 Å². The summed E-state index contributed by atoms with van der Waals surface area (Å²) in [5, 5.41) is 0.137. The van der Waals surface area contributed by atoms with Crippen molar-refractivity contribution in [2.75, 3.05) is 0 Å². The molecule has 1 rings (SSSR count). The largest absolute Gasteiger partial charge is 0.118 e. The Balaban J connectivity index is 2.77. The van der Waals surface area contributed by atoms with Crippen molar-refractivity contribution < 1.29 is 0 Å². The molecule has 0 fully saturated rings. The molecule has 0 aromatic heterocycles. The first-order chi connectivity index (χ1) is 8.42. The molecule has 3 unspecified atom stereocenters. The van der Waals surface area contributed by atoms with Crippen molar-refractivity contribution in [2.24, 2.45) is 11.3 Å². The Labute approximate surface area is 118 Å². The zero-order valence-corrected chi connectivity index (χ0v) is 13.1. The van der Waals surface area contributed by atoms with Gasteiger partial charge in [0.2, 0.25) is 0 Å². The normalized spacial score (nSPS) is 24.3. The average Bonchev–Trinajstić information content (AvgIpc) is 2.37. The molecule has 0 saturated carbocycles. The molecule has 0 radical (unpaired) electrons. The second-order valence-electron chi connectivity index (χ2n) is 5.87. The number of alkyl halides is 1. The molecule has 1 heteroatoms. The Morgan fingerprint density at radius 2 is 2.22 bits per heavy atom. The van der Waals surface area contributed by atoms with Crippen LogP contribution in [0.4, 0.5) is 0 Å². The fourth-order valence-electron chi connectivity index (χ4n) is 2.61. The molecule has 0 aromatic rings. The molecule has 0 spiro atoms. The molecule has 0 heterocycles. The number of hydrogen-bond acceptors (Lipinski definition) is 0. The van der Waals surface area contributed by atoms with Crippen LogP contribution in [0.3, 0.4) is 0 Å². The van der Waals surface area contributed by atoms with Crippen molar-refractivity contribution in [2.45, 2.75) is 58.8 Å². The second kappa shape index (κ2) is 6.61. The maximum Gasteiger partial charge on any atom is 0.0559 e. The monoisotopic (exact) mass is 266 g/mol. The molecular formula is C17H27Cl. The van der Waals surface area contributed by atoms with E-state index in [2.05, 4.69) is 52.5 Å². The summed E-state index contributed by atoms with van der Waals surface area (Å²) in [6.07, 6.45) is 10.9. The van der Waals surface area contributed by atoms with Gasteiger partial charge in [0, 0.05) is 0 Å². The van der Waals surface area contributed by atoms with Crippen LogP contribution >= 0.6 is 11.6 Å². The zero-order valence-electron chi connectivity index (χ0n) is 12.3. The highest BCUT2D eigenvalue weighted by Gasteiger charge is 2.29. The van der Waals surface area contributed by atoms with Gasteiger partial charge in [0.15, 0.2) is 0 Å². The smallest absolute Gasteiger partial charge is 0.0559 e. The van der Waals surface area contributed by atoms with Crippen LogP contribution in [-0.2, 0) is 0 Å². The van der Waals surface area contributed by atoms with E-state index in [-0.39, 0.29) is 5.38 Å². The second-order valence-corrected chi connectivity index (χ2v) is 6.43. The van der Waals surface area contributed by atoms with Gasteiger partial charge < -0.3 is 0 Å². The predicted molar refractivity (Wildman–Crippen MR) is 83.1 cm³/mol. The fraction of sp³-hybridized carbons (Fsp3) is 0.647. The van der Waals surface area contributed by atoms with Crippen LogP contribution in [0.1, 0.15) is 53.4 Å². The Morgan fingerprint density at radius 1 is 1.56 bits per heavy atom. The van der Waals surface area contributed by atoms with Gasteiger partial charge in [0.25, 0.3) is 0 Å². The van der Waals surface area contributed by atoms with Crippen molar-refractivity contribution in [3.8, 4) is 0 Å². The minimum absolute atomic E-state index is 0.137. The van der Waals surface area contributed by atoms with E-state index < -0.39 is 0 Å². The lowest BCUT2D eigenvalue weighted by molar-refractivity contribution is 0.186. The van der Waals surface area contributed by atoms with Crippen LogP contribution in [0.15, 0.2) is 36.0 Å². The van der Waals surface area contributed by atoms with Gasteiger partial charge in [-0.15, -0.1) is 11.6 Å². The van der Waals surface area contributed by atoms with Crippen LogP contribution in [0.25, 0.3) is 0 Å². The molecule has 18 heavy (non-hydrogen) atoms. The molecule has 0 aliphatic heterocycles. The van der Waals surface area contributed by atoms with Crippen LogP contribution in [0.5, 0.6) is 0 Å². The van der Waals surface area contributed by atoms with Crippen LogP contribution < -0.4 is 0 Å². The van der Waals surface area contributed by atoms with Gasteiger partial charge in [-0.1, -0.05) is 65.3 Å². The SMILES string of the molecule is C=C(CC(C)(CC)C(C)CC)C1=CC(Cl)CC=C1. The van der Waals surface area contributed by atoms with Gasteiger partial charge in [0.1, 0.15) is 0 Å². The lowest BCUT2D eigenvalue weighted by Crippen LogP contribution is -2.25. The van der Waals surface area contributed by atoms with E-state index in [9.17, 15) is 0 Å². The van der Waals surface area contributed by atoms with E-state index in [1.807, 2.05) is 0 Å². The van der Waals surface area contributed by atoms with Gasteiger partial charge in [0.05, 0.1) is 5.38 Å². The molecule has 1 aliphatic rings. The van der Waals surface area contributed by atoms with Gasteiger partial charge in [-0.05, 0) is 35.3 Å². The van der Waals surface area contributed by atoms with Crippen molar-refractivity contribution in [3.63, 3.8) is 0 Å². The third-order valence-corrected chi connectivity index (χ3v) is 4.96. The lowest BCUT2D eigenvalue weighted by Gasteiger charge is -2.35. The Hall–Kier alpha value is -0.490. The highest BCUT2D eigenvalue weighted by Crippen LogP contribution is 2.40. The van der Waals surface area contributed by atoms with E-state index in [1.165, 1.54) is 24.0 Å². The molecule has 0 N–H and O–H groups in total. The van der Waals surface area contributed by atoms with Crippen molar-refractivity contribution >= 4 is 11.6 Å². The summed E-state index contributed by atoms with van der Waals surface area (Å²) < 4.78 is 0. The molecule has 102 valence electrons. The van der Waals surface area contributed by atoms with Gasteiger partial charge in [-0.3, -0.25) is 0 Å². The highest BCUT2D eigenvalue weighted by atomic mass is 35.5. The van der Waals surface area contributed by atoms with Crippen molar-refractivity contribution in [1.29, 1.82) is 0 Å². The van der Waals surface area contributed by atoms with Crippen LogP contribution in [0, 0.1) is 11.3 Å². The quantitative estimate of drug-likeness (QED) is 0.526. The van der Waals surface area contributed by atoms with E-state index in [0.717, 1.165) is 18.8 Å². The number of hydrogen-bond donors (Lipinski definition) is 0. The molecular weight excluding hydrogens is 240 g/mol. The molecule has 0 aromatic carbocycles. The van der Waals surface area contributed by atoms with Gasteiger partial charge >= 0.3 is 0 Å². The molecule has 3 atom stereocenters. The number of rotatable bonds is 6. The molecule has 0 nitrogen and oxygen atoms in total. The third-order valence-electron chi connectivity index (χ3n) is 4.65. The molecule has 1 aliphatic carbocycles. The van der Waals surface area contributed by atoms with Gasteiger partial charge in [-0.25, -0.2) is 0 Å². The first-order valence-corrected chi connectivity index (χ1v) is 7.57. The van der Waals surface area contributed by atoms with Crippen molar-refractivity contribution in [1.82, 2.24) is 0 Å². The first-order valence-electron chi connectivity index (χ1n) is 7.13. The summed E-state index contributed by atoms with van der Waals surface area (Å²) in [5.74, 6) is 0.721. The topological polar surface area (TPSA) is 0 Å². The molecule has 0 saturated heterocycles. The van der Waals surface area contributed by atoms with E-state index >= 15 is 0 Å². The Kier molecular flexibility index (Phi) is 5.72. The minimum atomic E-state index is 0.137. The predicted octanol–water partition coefficient (Wildman–Crippen LogP) is 5.89. The Morgan fingerprint density at radius 3 is 2.72 bits per heavy atom. The summed E-state index contributed by atoms with van der Waals surface area (Å²) >= 11 is 6.18. The Bertz CT molecular complexity index is 351. The summed E-state index contributed by atoms with van der Waals surface area (Å²) in [6, 6.07) is 0. The highest BCUT2D eigenvalue weighted by molar-refractivity contribution is 6.22. The van der Waals surface area contributed by atoms with E-state index in [0.29, 0.717) is 5.41 Å². The van der Waals surface area contributed by atoms with Gasteiger partial charge in [-0.2, -0.15) is 0 Å². The maximum atomic E-state index is 6.18. The van der Waals surface area contributed by atoms with Crippen molar-refractivity contribution in [3.05, 3.63) is 36.0 Å². The fourth-order valence-corrected chi connectivity index (χ4v) is 2.85. The molecule has 0 bridgehead atoms. The summed E-state index contributed by atoms with van der Waals surface area (Å²) in [7, 11) is 0. The van der Waals surface area contributed by atoms with E-state index in [1.54, 1.807) is 0 Å². The lowest BCUT2D eigenvalue weighted by atomic mass is 9.70. The zero-order chi connectivity index (χ0) is 13.8.